The average Bonchev–Trinajstić information content (AvgIpc) is 2.74. The summed E-state index contributed by atoms with van der Waals surface area (Å²) in [5.41, 5.74) is 1.08. The minimum atomic E-state index is -0.622. The number of ketones is 2. The molecule has 1 aromatic carbocycles. The summed E-state index contributed by atoms with van der Waals surface area (Å²) in [7, 11) is 0. The van der Waals surface area contributed by atoms with E-state index in [-0.39, 0.29) is 161 Å². The Morgan fingerprint density at radius 2 is 1.60 bits per heavy atom. The summed E-state index contributed by atoms with van der Waals surface area (Å²) in [4.78, 5) is 57.5. The Labute approximate surface area is 304 Å². The van der Waals surface area contributed by atoms with Crippen LogP contribution in [0.15, 0.2) is 24.3 Å². The molecule has 35 heavy (non-hydrogen) atoms. The molecule has 0 radical (unpaired) electrons. The Morgan fingerprint density at radius 1 is 0.914 bits per heavy atom. The van der Waals surface area contributed by atoms with Gasteiger partial charge in [-0.25, -0.2) is 4.79 Å². The summed E-state index contributed by atoms with van der Waals surface area (Å²) in [5, 5.41) is 10.2. The van der Waals surface area contributed by atoms with Crippen molar-refractivity contribution in [2.45, 2.75) is 46.0 Å². The maximum atomic E-state index is 11.9. The van der Waals surface area contributed by atoms with Crippen molar-refractivity contribution in [1.82, 2.24) is 5.32 Å². The van der Waals surface area contributed by atoms with Gasteiger partial charge in [0, 0.05) is 39.0 Å². The molecule has 0 spiro atoms. The van der Waals surface area contributed by atoms with Crippen LogP contribution in [0.3, 0.4) is 0 Å². The van der Waals surface area contributed by atoms with Crippen LogP contribution in [0.2, 0.25) is 0 Å². The van der Waals surface area contributed by atoms with E-state index in [9.17, 15) is 24.0 Å². The summed E-state index contributed by atoms with van der Waals surface area (Å²) < 4.78 is 10.2. The van der Waals surface area contributed by atoms with E-state index in [0.29, 0.717) is 30.8 Å². The molecule has 0 saturated carbocycles. The van der Waals surface area contributed by atoms with Gasteiger partial charge in [0.1, 0.15) is 11.6 Å². The van der Waals surface area contributed by atoms with E-state index in [1.807, 2.05) is 6.92 Å². The Morgan fingerprint density at radius 3 is 2.23 bits per heavy atom. The monoisotopic (exact) mass is 631 g/mol. The molecule has 0 atom stereocenters. The van der Waals surface area contributed by atoms with Gasteiger partial charge in [-0.15, -0.1) is 12.2 Å². The maximum absolute atomic E-state index is 11.9. The summed E-state index contributed by atoms with van der Waals surface area (Å²) in [6, 6.07) is 6.44. The number of hydrogen-bond acceptors (Lipinski definition) is 7. The van der Waals surface area contributed by atoms with Crippen LogP contribution in [0.5, 0.6) is 0 Å². The first kappa shape index (κ1) is 37.5. The van der Waals surface area contributed by atoms with E-state index >= 15 is 0 Å². The Kier molecular flexibility index (Phi) is 25.1. The summed E-state index contributed by atoms with van der Waals surface area (Å²) in [6.45, 7) is 4.79. The number of benzene rings is 1. The molecule has 0 fully saturated rings. The number of hydrogen-bond donors (Lipinski definition) is 1. The zero-order valence-corrected chi connectivity index (χ0v) is 31.0. The fraction of sp³-hybridized carbons (Fsp3) is 0.522. The third-order valence-electron chi connectivity index (χ3n) is 4.05. The van der Waals surface area contributed by atoms with Crippen molar-refractivity contribution in [3.63, 3.8) is 0 Å². The molecule has 0 aliphatic carbocycles. The molecule has 0 aromatic heterocycles. The molecule has 10 nitrogen and oxygen atoms in total. The molecule has 0 aliphatic rings. The fourth-order valence-electron chi connectivity index (χ4n) is 2.57. The van der Waals surface area contributed by atoms with Gasteiger partial charge in [0.15, 0.2) is 0 Å². The predicted octanol–water partition coefficient (Wildman–Crippen LogP) is -2.85. The number of alkyl carbamates (subject to hydrolysis) is 1. The van der Waals surface area contributed by atoms with Gasteiger partial charge >= 0.3 is 122 Å². The van der Waals surface area contributed by atoms with Crippen molar-refractivity contribution in [2.75, 3.05) is 32.9 Å². The van der Waals surface area contributed by atoms with Gasteiger partial charge in [0.05, 0.1) is 24.8 Å². The number of rotatable bonds is 16. The Bertz CT molecular complexity index is 805. The van der Waals surface area contributed by atoms with Crippen LogP contribution in [0.1, 0.15) is 45.1 Å². The molecule has 0 bridgehead atoms. The van der Waals surface area contributed by atoms with Crippen LogP contribution < -0.4 is 122 Å². The first-order valence-electron chi connectivity index (χ1n) is 10.8. The molecule has 0 unspecified atom stereocenters. The first-order valence-corrected chi connectivity index (χ1v) is 10.8. The number of carbonyl (C=O) groups is 5. The molecule has 0 aliphatic heterocycles. The second-order valence-corrected chi connectivity index (χ2v) is 7.25. The summed E-state index contributed by atoms with van der Waals surface area (Å²) >= 11 is 0. The molecule has 0 heterocycles. The number of Topliss-reactive ketones (excluding diaryl/α,β-unsaturated/α-hetero) is 2. The Hall–Kier alpha value is 0.340. The molecule has 0 saturated heterocycles. The van der Waals surface area contributed by atoms with Crippen LogP contribution in [0.4, 0.5) is 10.5 Å². The van der Waals surface area contributed by atoms with Gasteiger partial charge in [0.2, 0.25) is 0 Å². The van der Waals surface area contributed by atoms with Gasteiger partial charge in [-0.1, -0.05) is 31.2 Å². The van der Waals surface area contributed by atoms with Crippen molar-refractivity contribution in [3.05, 3.63) is 40.5 Å². The van der Waals surface area contributed by atoms with Crippen LogP contribution in [0.25, 0.3) is 10.6 Å². The smallest absolute Gasteiger partial charge is 0.651 e. The fourth-order valence-corrected chi connectivity index (χ4v) is 2.57. The standard InChI is InChI=1S/C23H33N3O7.2Rb/c1-3-9-25-23(31)33-12-4-11-32-13-10-24-21(29)16-22(30)26-19-7-5-18(6-8-19)15-20(28)14-17(2)27;;/h5-8H,3-4,9-16H2,1-2H3,(H3,24,25,26,29,30,31);;/q;2*+1/p-2. The summed E-state index contributed by atoms with van der Waals surface area (Å²) in [5.74, 6) is -1.57. The van der Waals surface area contributed by atoms with E-state index in [4.69, 9.17) is 9.47 Å². The number of amides is 3. The molecule has 182 valence electrons. The largest absolute Gasteiger partial charge is 1.00 e. The summed E-state index contributed by atoms with van der Waals surface area (Å²) in [6.07, 6.45) is 0.486. The zero-order valence-electron chi connectivity index (χ0n) is 21.1. The third kappa shape index (κ3) is 21.0. The van der Waals surface area contributed by atoms with E-state index in [0.717, 1.165) is 6.42 Å². The van der Waals surface area contributed by atoms with Gasteiger partial charge < -0.3 is 35.0 Å². The molecular weight excluding hydrogens is 601 g/mol. The van der Waals surface area contributed by atoms with Crippen molar-refractivity contribution < 1.29 is 150 Å². The van der Waals surface area contributed by atoms with Crippen LogP contribution in [-0.4, -0.2) is 62.4 Å². The van der Waals surface area contributed by atoms with Crippen molar-refractivity contribution in [3.8, 4) is 0 Å². The molecule has 12 heteroatoms. The maximum Gasteiger partial charge on any atom is 1.00 e. The Balaban J connectivity index is 0. The van der Waals surface area contributed by atoms with E-state index in [1.54, 1.807) is 24.3 Å². The first-order chi connectivity index (χ1) is 15.8. The van der Waals surface area contributed by atoms with Crippen LogP contribution in [-0.2, 0) is 35.1 Å². The third-order valence-corrected chi connectivity index (χ3v) is 4.05. The van der Waals surface area contributed by atoms with Gasteiger partial charge in [0.25, 0.3) is 0 Å². The molecular formula is C23H31N3O7Rb2. The van der Waals surface area contributed by atoms with Gasteiger partial charge in [-0.05, 0) is 18.9 Å². The zero-order chi connectivity index (χ0) is 24.5. The minimum absolute atomic E-state index is 0. The van der Waals surface area contributed by atoms with Crippen molar-refractivity contribution >= 4 is 35.2 Å². The van der Waals surface area contributed by atoms with Crippen LogP contribution >= 0.6 is 0 Å². The second-order valence-electron chi connectivity index (χ2n) is 7.25. The number of nitrogens with zero attached hydrogens (tertiary/aromatic N) is 2. The predicted molar refractivity (Wildman–Crippen MR) is 121 cm³/mol. The van der Waals surface area contributed by atoms with E-state index < -0.39 is 24.3 Å². The van der Waals surface area contributed by atoms with Crippen molar-refractivity contribution in [2.24, 2.45) is 0 Å². The quantitative estimate of drug-likeness (QED) is 0.153. The molecule has 1 rings (SSSR count). The van der Waals surface area contributed by atoms with E-state index in [2.05, 4.69) is 16.0 Å². The number of ether oxygens (including phenoxy) is 2. The van der Waals surface area contributed by atoms with Crippen LogP contribution in [0, 0.1) is 0 Å². The van der Waals surface area contributed by atoms with Gasteiger partial charge in [-0.2, -0.15) is 0 Å². The van der Waals surface area contributed by atoms with Gasteiger partial charge in [-0.3, -0.25) is 9.59 Å². The number of carbonyl (C=O) groups excluding carboxylic acids is 5. The number of nitrogens with one attached hydrogen (secondary N) is 1. The SMILES string of the molecule is CCCNC(=O)OCCCOCC[N-]C(=O)CC(=O)[N-]c1ccc(CC(=O)CC(C)=O)cc1.[Rb+].[Rb+]. The molecule has 3 amide bonds. The van der Waals surface area contributed by atoms with E-state index in [1.165, 1.54) is 6.92 Å². The second kappa shape index (κ2) is 23.5. The normalized spacial score (nSPS) is 9.66. The minimum Gasteiger partial charge on any atom is -0.651 e. The molecule has 1 aromatic rings. The average molecular weight is 632 g/mol. The van der Waals surface area contributed by atoms with Crippen molar-refractivity contribution in [1.29, 1.82) is 0 Å². The molecule has 1 N–H and O–H groups in total. The topological polar surface area (TPSA) is 144 Å².